The molecule has 1 aliphatic heterocycles. The van der Waals surface area contributed by atoms with E-state index in [1.807, 2.05) is 35.2 Å². The number of hydrogen-bond acceptors (Lipinski definition) is 3. The highest BCUT2D eigenvalue weighted by atomic mass is 35.5. The Bertz CT molecular complexity index is 850. The number of para-hydroxylation sites is 1. The van der Waals surface area contributed by atoms with Crippen molar-refractivity contribution in [1.82, 2.24) is 10.2 Å². The minimum Gasteiger partial charge on any atom is -0.492 e. The van der Waals surface area contributed by atoms with Gasteiger partial charge in [-0.1, -0.05) is 47.5 Å². The monoisotopic (exact) mass is 448 g/mol. The van der Waals surface area contributed by atoms with Gasteiger partial charge in [0.25, 0.3) is 0 Å². The molecule has 1 fully saturated rings. The predicted molar refractivity (Wildman–Crippen MR) is 119 cm³/mol. The third kappa shape index (κ3) is 6.92. The minimum absolute atomic E-state index is 0.0173. The molecule has 2 amide bonds. The number of amides is 2. The molecule has 0 bridgehead atoms. The maximum absolute atomic E-state index is 12.5. The van der Waals surface area contributed by atoms with E-state index in [-0.39, 0.29) is 17.9 Å². The van der Waals surface area contributed by atoms with Crippen molar-refractivity contribution in [2.24, 2.45) is 0 Å². The van der Waals surface area contributed by atoms with E-state index in [2.05, 4.69) is 5.32 Å². The predicted octanol–water partition coefficient (Wildman–Crippen LogP) is 4.50. The SMILES string of the molecule is O=C(CCCOc1ccccc1Cl)NC1CCN(C(=O)Cc2ccc(Cl)cc2)CC1. The molecule has 1 aliphatic rings. The molecule has 7 heteroatoms. The van der Waals surface area contributed by atoms with Crippen LogP contribution in [0.4, 0.5) is 0 Å². The molecule has 160 valence electrons. The van der Waals surface area contributed by atoms with Crippen LogP contribution in [0.1, 0.15) is 31.2 Å². The van der Waals surface area contributed by atoms with Crippen LogP contribution in [0.2, 0.25) is 10.0 Å². The van der Waals surface area contributed by atoms with Crippen molar-refractivity contribution in [2.45, 2.75) is 38.1 Å². The summed E-state index contributed by atoms with van der Waals surface area (Å²) in [5.41, 5.74) is 0.957. The van der Waals surface area contributed by atoms with Crippen LogP contribution >= 0.6 is 23.2 Å². The molecule has 3 rings (SSSR count). The lowest BCUT2D eigenvalue weighted by molar-refractivity contribution is -0.131. The zero-order valence-corrected chi connectivity index (χ0v) is 18.3. The van der Waals surface area contributed by atoms with E-state index in [4.69, 9.17) is 27.9 Å². The topological polar surface area (TPSA) is 58.6 Å². The summed E-state index contributed by atoms with van der Waals surface area (Å²) in [5.74, 6) is 0.762. The summed E-state index contributed by atoms with van der Waals surface area (Å²) in [6.45, 7) is 1.76. The van der Waals surface area contributed by atoms with Crippen LogP contribution in [0.5, 0.6) is 5.75 Å². The molecule has 1 N–H and O–H groups in total. The molecule has 2 aromatic rings. The van der Waals surface area contributed by atoms with Gasteiger partial charge in [-0.3, -0.25) is 9.59 Å². The number of rotatable bonds is 8. The molecular weight excluding hydrogens is 423 g/mol. The summed E-state index contributed by atoms with van der Waals surface area (Å²) in [6.07, 6.45) is 2.94. The van der Waals surface area contributed by atoms with Gasteiger partial charge in [-0.15, -0.1) is 0 Å². The largest absolute Gasteiger partial charge is 0.492 e. The fraction of sp³-hybridized carbons (Fsp3) is 0.391. The third-order valence-corrected chi connectivity index (χ3v) is 5.69. The lowest BCUT2D eigenvalue weighted by atomic mass is 10.0. The van der Waals surface area contributed by atoms with Crippen molar-refractivity contribution < 1.29 is 14.3 Å². The summed E-state index contributed by atoms with van der Waals surface area (Å²) >= 11 is 11.9. The smallest absolute Gasteiger partial charge is 0.226 e. The maximum atomic E-state index is 12.5. The van der Waals surface area contributed by atoms with Gasteiger partial charge in [0.15, 0.2) is 0 Å². The molecule has 0 atom stereocenters. The first-order chi connectivity index (χ1) is 14.5. The van der Waals surface area contributed by atoms with Crippen LogP contribution in [0, 0.1) is 0 Å². The average Bonchev–Trinajstić information content (AvgIpc) is 2.74. The Hall–Kier alpha value is -2.24. The number of carbonyl (C=O) groups excluding carboxylic acids is 2. The van der Waals surface area contributed by atoms with Gasteiger partial charge >= 0.3 is 0 Å². The van der Waals surface area contributed by atoms with E-state index < -0.39 is 0 Å². The van der Waals surface area contributed by atoms with E-state index >= 15 is 0 Å². The molecular formula is C23H26Cl2N2O3. The van der Waals surface area contributed by atoms with Crippen molar-refractivity contribution in [2.75, 3.05) is 19.7 Å². The van der Waals surface area contributed by atoms with Gasteiger partial charge in [-0.25, -0.2) is 0 Å². The first-order valence-electron chi connectivity index (χ1n) is 10.2. The van der Waals surface area contributed by atoms with Crippen LogP contribution in [0.3, 0.4) is 0 Å². The molecule has 0 saturated carbocycles. The Morgan fingerprint density at radius 1 is 1.03 bits per heavy atom. The molecule has 0 aliphatic carbocycles. The zero-order chi connectivity index (χ0) is 21.3. The first kappa shape index (κ1) is 22.4. The Morgan fingerprint density at radius 3 is 2.43 bits per heavy atom. The number of nitrogens with zero attached hydrogens (tertiary/aromatic N) is 1. The Morgan fingerprint density at radius 2 is 1.73 bits per heavy atom. The number of halogens is 2. The van der Waals surface area contributed by atoms with Gasteiger partial charge in [0.1, 0.15) is 5.75 Å². The Labute approximate surface area is 187 Å². The van der Waals surface area contributed by atoms with Crippen LogP contribution in [0.15, 0.2) is 48.5 Å². The van der Waals surface area contributed by atoms with Crippen LogP contribution < -0.4 is 10.1 Å². The van der Waals surface area contributed by atoms with Crippen LogP contribution in [-0.2, 0) is 16.0 Å². The number of likely N-dealkylation sites (tertiary alicyclic amines) is 1. The minimum atomic E-state index is 0.0173. The second-order valence-electron chi connectivity index (χ2n) is 7.41. The highest BCUT2D eigenvalue weighted by molar-refractivity contribution is 6.32. The molecule has 0 spiro atoms. The van der Waals surface area contributed by atoms with Crippen molar-refractivity contribution in [3.63, 3.8) is 0 Å². The van der Waals surface area contributed by atoms with Crippen molar-refractivity contribution >= 4 is 35.0 Å². The highest BCUT2D eigenvalue weighted by Gasteiger charge is 2.23. The number of carbonyl (C=O) groups is 2. The molecule has 0 unspecified atom stereocenters. The maximum Gasteiger partial charge on any atom is 0.226 e. The second-order valence-corrected chi connectivity index (χ2v) is 8.25. The van der Waals surface area contributed by atoms with Gasteiger partial charge in [-0.05, 0) is 49.1 Å². The van der Waals surface area contributed by atoms with Crippen molar-refractivity contribution in [3.8, 4) is 5.75 Å². The van der Waals surface area contributed by atoms with E-state index in [1.54, 1.807) is 18.2 Å². The van der Waals surface area contributed by atoms with E-state index in [0.29, 0.717) is 54.8 Å². The van der Waals surface area contributed by atoms with E-state index in [0.717, 1.165) is 18.4 Å². The summed E-state index contributed by atoms with van der Waals surface area (Å²) in [4.78, 5) is 26.5. The summed E-state index contributed by atoms with van der Waals surface area (Å²) in [5, 5.41) is 4.30. The molecule has 30 heavy (non-hydrogen) atoms. The second kappa shape index (κ2) is 11.2. The molecule has 5 nitrogen and oxygen atoms in total. The van der Waals surface area contributed by atoms with Gasteiger partial charge in [0, 0.05) is 30.6 Å². The highest BCUT2D eigenvalue weighted by Crippen LogP contribution is 2.23. The first-order valence-corrected chi connectivity index (χ1v) is 11.0. The number of nitrogens with one attached hydrogen (secondary N) is 1. The van der Waals surface area contributed by atoms with Crippen molar-refractivity contribution in [1.29, 1.82) is 0 Å². The summed E-state index contributed by atoms with van der Waals surface area (Å²) in [6, 6.07) is 14.8. The molecule has 0 aromatic heterocycles. The Kier molecular flexibility index (Phi) is 8.40. The Balaban J connectivity index is 1.32. The number of hydrogen-bond donors (Lipinski definition) is 1. The lowest BCUT2D eigenvalue weighted by Gasteiger charge is -2.32. The number of ether oxygens (including phenoxy) is 1. The standard InChI is InChI=1S/C23H26Cl2N2O3/c24-18-9-7-17(8-10-18)16-23(29)27-13-11-19(12-14-27)26-22(28)6-3-15-30-21-5-2-1-4-20(21)25/h1-2,4-5,7-10,19H,3,6,11-16H2,(H,26,28). The normalized spacial score (nSPS) is 14.4. The fourth-order valence-electron chi connectivity index (χ4n) is 3.44. The summed E-state index contributed by atoms with van der Waals surface area (Å²) in [7, 11) is 0. The van der Waals surface area contributed by atoms with Gasteiger partial charge < -0.3 is 15.0 Å². The summed E-state index contributed by atoms with van der Waals surface area (Å²) < 4.78 is 5.61. The van der Waals surface area contributed by atoms with Crippen LogP contribution in [0.25, 0.3) is 0 Å². The fourth-order valence-corrected chi connectivity index (χ4v) is 3.75. The lowest BCUT2D eigenvalue weighted by Crippen LogP contribution is -2.47. The van der Waals surface area contributed by atoms with E-state index in [9.17, 15) is 9.59 Å². The zero-order valence-electron chi connectivity index (χ0n) is 16.8. The average molecular weight is 449 g/mol. The van der Waals surface area contributed by atoms with Gasteiger partial charge in [-0.2, -0.15) is 0 Å². The number of benzene rings is 2. The van der Waals surface area contributed by atoms with Crippen LogP contribution in [-0.4, -0.2) is 42.5 Å². The van der Waals surface area contributed by atoms with E-state index in [1.165, 1.54) is 0 Å². The molecule has 0 radical (unpaired) electrons. The molecule has 2 aromatic carbocycles. The molecule has 1 heterocycles. The van der Waals surface area contributed by atoms with Gasteiger partial charge in [0.05, 0.1) is 18.1 Å². The van der Waals surface area contributed by atoms with Crippen molar-refractivity contribution in [3.05, 3.63) is 64.1 Å². The number of piperidine rings is 1. The van der Waals surface area contributed by atoms with Gasteiger partial charge in [0.2, 0.25) is 11.8 Å². The molecule has 1 saturated heterocycles. The quantitative estimate of drug-likeness (QED) is 0.604. The third-order valence-electron chi connectivity index (χ3n) is 5.12.